The van der Waals surface area contributed by atoms with Crippen LogP contribution in [-0.4, -0.2) is 22.4 Å². The molecule has 3 unspecified atom stereocenters. The summed E-state index contributed by atoms with van der Waals surface area (Å²) in [6, 6.07) is 0. The molecule has 2 heterocycles. The largest absolute Gasteiger partial charge is 0.390 e. The van der Waals surface area contributed by atoms with Crippen molar-refractivity contribution in [1.29, 1.82) is 0 Å². The topological polar surface area (TPSA) is 29.5 Å². The van der Waals surface area contributed by atoms with Gasteiger partial charge in [-0.1, -0.05) is 6.92 Å². The van der Waals surface area contributed by atoms with E-state index in [1.165, 1.54) is 0 Å². The maximum atomic E-state index is 9.65. The average molecular weight is 156 g/mol. The van der Waals surface area contributed by atoms with Crippen molar-refractivity contribution >= 4 is 0 Å². The van der Waals surface area contributed by atoms with Crippen molar-refractivity contribution in [2.45, 2.75) is 56.8 Å². The van der Waals surface area contributed by atoms with Crippen LogP contribution >= 0.6 is 0 Å². The molecule has 0 saturated carbocycles. The molecule has 0 aliphatic carbocycles. The molecule has 0 aromatic heterocycles. The van der Waals surface area contributed by atoms with Gasteiger partial charge >= 0.3 is 0 Å². The second-order valence-electron chi connectivity index (χ2n) is 4.17. The molecule has 64 valence electrons. The summed E-state index contributed by atoms with van der Waals surface area (Å²) in [6.45, 7) is 4.17. The predicted molar refractivity (Wildman–Crippen MR) is 42.4 cm³/mol. The first kappa shape index (κ1) is 7.56. The molecule has 3 atom stereocenters. The molecule has 2 saturated heterocycles. The fraction of sp³-hybridized carbons (Fsp3) is 1.00. The second-order valence-corrected chi connectivity index (χ2v) is 4.17. The van der Waals surface area contributed by atoms with Gasteiger partial charge in [-0.3, -0.25) is 0 Å². The summed E-state index contributed by atoms with van der Waals surface area (Å²) >= 11 is 0. The molecule has 2 heteroatoms. The quantitative estimate of drug-likeness (QED) is 0.623. The van der Waals surface area contributed by atoms with Crippen LogP contribution in [0.25, 0.3) is 0 Å². The maximum absolute atomic E-state index is 9.65. The Morgan fingerprint density at radius 1 is 1.55 bits per heavy atom. The van der Waals surface area contributed by atoms with Crippen molar-refractivity contribution in [1.82, 2.24) is 0 Å². The smallest absolute Gasteiger partial charge is 0.0921 e. The molecule has 2 fully saturated rings. The molecular formula is C9H16O2. The van der Waals surface area contributed by atoms with Crippen LogP contribution in [0.5, 0.6) is 0 Å². The van der Waals surface area contributed by atoms with Gasteiger partial charge in [-0.15, -0.1) is 0 Å². The number of aliphatic hydroxyl groups excluding tert-OH is 1. The number of hydrogen-bond donors (Lipinski definition) is 1. The van der Waals surface area contributed by atoms with Crippen LogP contribution in [0.2, 0.25) is 0 Å². The standard InChI is InChI=1S/C9H16O2/c1-3-9-5-4-8(2,11-9)7(10)6-9/h7,10H,3-6H2,1-2H3. The van der Waals surface area contributed by atoms with E-state index in [2.05, 4.69) is 6.92 Å². The van der Waals surface area contributed by atoms with Crippen molar-refractivity contribution in [2.24, 2.45) is 0 Å². The van der Waals surface area contributed by atoms with Gasteiger partial charge in [-0.25, -0.2) is 0 Å². The van der Waals surface area contributed by atoms with E-state index in [9.17, 15) is 5.11 Å². The van der Waals surface area contributed by atoms with E-state index in [0.29, 0.717) is 0 Å². The molecular weight excluding hydrogens is 140 g/mol. The van der Waals surface area contributed by atoms with Crippen LogP contribution < -0.4 is 0 Å². The highest BCUT2D eigenvalue weighted by atomic mass is 16.6. The summed E-state index contributed by atoms with van der Waals surface area (Å²) in [5, 5.41) is 9.65. The minimum Gasteiger partial charge on any atom is -0.390 e. The fourth-order valence-corrected chi connectivity index (χ4v) is 2.41. The van der Waals surface area contributed by atoms with Crippen molar-refractivity contribution in [3.05, 3.63) is 0 Å². The summed E-state index contributed by atoms with van der Waals surface area (Å²) in [7, 11) is 0. The summed E-state index contributed by atoms with van der Waals surface area (Å²) in [5.41, 5.74) is -0.176. The van der Waals surface area contributed by atoms with Crippen LogP contribution in [0, 0.1) is 0 Å². The van der Waals surface area contributed by atoms with E-state index in [-0.39, 0.29) is 17.3 Å². The predicted octanol–water partition coefficient (Wildman–Crippen LogP) is 1.47. The van der Waals surface area contributed by atoms with Crippen LogP contribution in [0.3, 0.4) is 0 Å². The monoisotopic (exact) mass is 156 g/mol. The van der Waals surface area contributed by atoms with Crippen molar-refractivity contribution in [3.63, 3.8) is 0 Å². The minimum absolute atomic E-state index is 0.0359. The number of rotatable bonds is 1. The van der Waals surface area contributed by atoms with Crippen LogP contribution in [0.1, 0.15) is 39.5 Å². The van der Waals surface area contributed by atoms with Crippen LogP contribution in [0.4, 0.5) is 0 Å². The Morgan fingerprint density at radius 3 is 2.55 bits per heavy atom. The van der Waals surface area contributed by atoms with Crippen molar-refractivity contribution < 1.29 is 9.84 Å². The van der Waals surface area contributed by atoms with Gasteiger partial charge in [0.1, 0.15) is 0 Å². The van der Waals surface area contributed by atoms with Gasteiger partial charge in [0, 0.05) is 6.42 Å². The van der Waals surface area contributed by atoms with Crippen molar-refractivity contribution in [2.75, 3.05) is 0 Å². The molecule has 2 nitrogen and oxygen atoms in total. The van der Waals surface area contributed by atoms with E-state index >= 15 is 0 Å². The Bertz CT molecular complexity index is 180. The third-order valence-electron chi connectivity index (χ3n) is 3.44. The van der Waals surface area contributed by atoms with Gasteiger partial charge in [-0.2, -0.15) is 0 Å². The summed E-state index contributed by atoms with van der Waals surface area (Å²) in [5.74, 6) is 0. The Hall–Kier alpha value is -0.0800. The van der Waals surface area contributed by atoms with Crippen molar-refractivity contribution in [3.8, 4) is 0 Å². The average Bonchev–Trinajstić information content (AvgIpc) is 2.41. The van der Waals surface area contributed by atoms with Gasteiger partial charge in [0.05, 0.1) is 17.3 Å². The summed E-state index contributed by atoms with van der Waals surface area (Å²) < 4.78 is 5.86. The van der Waals surface area contributed by atoms with Gasteiger partial charge in [0.25, 0.3) is 0 Å². The first-order valence-corrected chi connectivity index (χ1v) is 4.48. The van der Waals surface area contributed by atoms with E-state index in [4.69, 9.17) is 4.74 Å². The molecule has 0 aromatic carbocycles. The molecule has 1 N–H and O–H groups in total. The van der Waals surface area contributed by atoms with Gasteiger partial charge in [-0.05, 0) is 26.2 Å². The lowest BCUT2D eigenvalue weighted by molar-refractivity contribution is -0.0643. The highest BCUT2D eigenvalue weighted by Crippen LogP contribution is 2.51. The van der Waals surface area contributed by atoms with Crippen LogP contribution in [0.15, 0.2) is 0 Å². The lowest BCUT2D eigenvalue weighted by atomic mass is 9.80. The molecule has 2 aliphatic rings. The van der Waals surface area contributed by atoms with Gasteiger partial charge < -0.3 is 9.84 Å². The number of hydrogen-bond acceptors (Lipinski definition) is 2. The SMILES string of the molecule is CCC12CCC(C)(O1)C(O)C2. The maximum Gasteiger partial charge on any atom is 0.0921 e. The summed E-state index contributed by atoms with van der Waals surface area (Å²) in [6.07, 6.45) is 3.83. The molecule has 0 amide bonds. The number of fused-ring (bicyclic) bond motifs is 2. The lowest BCUT2D eigenvalue weighted by Gasteiger charge is -2.24. The molecule has 0 radical (unpaired) electrons. The van der Waals surface area contributed by atoms with Gasteiger partial charge in [0.15, 0.2) is 0 Å². The van der Waals surface area contributed by atoms with E-state index < -0.39 is 0 Å². The number of ether oxygens (including phenoxy) is 1. The normalized spacial score (nSPS) is 55.4. The second kappa shape index (κ2) is 1.99. The third-order valence-corrected chi connectivity index (χ3v) is 3.44. The van der Waals surface area contributed by atoms with E-state index in [1.807, 2.05) is 6.92 Å². The fourth-order valence-electron chi connectivity index (χ4n) is 2.41. The zero-order chi connectivity index (χ0) is 8.11. The Balaban J connectivity index is 2.23. The first-order chi connectivity index (χ1) is 5.10. The molecule has 0 aromatic rings. The molecule has 0 spiro atoms. The highest BCUT2D eigenvalue weighted by Gasteiger charge is 2.57. The van der Waals surface area contributed by atoms with E-state index in [1.54, 1.807) is 0 Å². The zero-order valence-corrected chi connectivity index (χ0v) is 7.26. The molecule has 2 rings (SSSR count). The Kier molecular flexibility index (Phi) is 1.37. The van der Waals surface area contributed by atoms with Gasteiger partial charge in [0.2, 0.25) is 0 Å². The highest BCUT2D eigenvalue weighted by molar-refractivity contribution is 5.07. The lowest BCUT2D eigenvalue weighted by Crippen LogP contribution is -2.35. The zero-order valence-electron chi connectivity index (χ0n) is 7.26. The third kappa shape index (κ3) is 0.859. The minimum atomic E-state index is -0.226. The number of aliphatic hydroxyl groups is 1. The Labute approximate surface area is 67.6 Å². The molecule has 2 aliphatic heterocycles. The Morgan fingerprint density at radius 2 is 2.27 bits per heavy atom. The van der Waals surface area contributed by atoms with E-state index in [0.717, 1.165) is 25.7 Å². The summed E-state index contributed by atoms with van der Waals surface area (Å²) in [4.78, 5) is 0. The molecule has 11 heavy (non-hydrogen) atoms. The first-order valence-electron chi connectivity index (χ1n) is 4.48. The van der Waals surface area contributed by atoms with Crippen LogP contribution in [-0.2, 0) is 4.74 Å². The molecule has 2 bridgehead atoms.